The standard InChI is InChI=1S/C21H21ClN2O3/c1-12(2)17-9-14(13-7-5-6-8-16(13)23-17)21(25)24-18-11-19(26-3)15(22)10-20(18)27-4/h5-12H,1-4H3,(H,24,25). The molecule has 1 amide bonds. The van der Waals surface area contributed by atoms with E-state index in [0.29, 0.717) is 27.8 Å². The third-order valence-electron chi connectivity index (χ3n) is 4.29. The summed E-state index contributed by atoms with van der Waals surface area (Å²) in [6.45, 7) is 4.09. The minimum Gasteiger partial charge on any atom is -0.495 e. The number of benzene rings is 2. The topological polar surface area (TPSA) is 60.5 Å². The first-order valence-corrected chi connectivity index (χ1v) is 8.95. The molecule has 1 N–H and O–H groups in total. The van der Waals surface area contributed by atoms with Crippen LogP contribution < -0.4 is 14.8 Å². The Morgan fingerprint density at radius 3 is 2.44 bits per heavy atom. The second-order valence-corrected chi connectivity index (χ2v) is 6.81. The van der Waals surface area contributed by atoms with Crippen molar-refractivity contribution in [3.05, 3.63) is 58.7 Å². The van der Waals surface area contributed by atoms with E-state index in [2.05, 4.69) is 10.3 Å². The average Bonchev–Trinajstić information content (AvgIpc) is 2.67. The first kappa shape index (κ1) is 19.0. The maximum Gasteiger partial charge on any atom is 0.256 e. The van der Waals surface area contributed by atoms with E-state index in [4.69, 9.17) is 21.1 Å². The van der Waals surface area contributed by atoms with E-state index in [9.17, 15) is 4.79 Å². The van der Waals surface area contributed by atoms with Crippen LogP contribution >= 0.6 is 11.6 Å². The fourth-order valence-corrected chi connectivity index (χ4v) is 3.06. The number of anilines is 1. The van der Waals surface area contributed by atoms with Crippen molar-refractivity contribution in [2.75, 3.05) is 19.5 Å². The first-order valence-electron chi connectivity index (χ1n) is 8.57. The van der Waals surface area contributed by atoms with Gasteiger partial charge in [-0.1, -0.05) is 43.6 Å². The third kappa shape index (κ3) is 3.83. The molecule has 140 valence electrons. The third-order valence-corrected chi connectivity index (χ3v) is 4.59. The molecule has 2 aromatic carbocycles. The summed E-state index contributed by atoms with van der Waals surface area (Å²) in [4.78, 5) is 17.7. The highest BCUT2D eigenvalue weighted by Gasteiger charge is 2.17. The SMILES string of the molecule is COc1cc(NC(=O)c2cc(C(C)C)nc3ccccc23)c(OC)cc1Cl. The monoisotopic (exact) mass is 384 g/mol. The van der Waals surface area contributed by atoms with Gasteiger partial charge in [-0.15, -0.1) is 0 Å². The molecule has 0 aliphatic heterocycles. The van der Waals surface area contributed by atoms with Gasteiger partial charge in [-0.3, -0.25) is 9.78 Å². The molecule has 1 aromatic heterocycles. The van der Waals surface area contributed by atoms with E-state index in [-0.39, 0.29) is 11.8 Å². The lowest BCUT2D eigenvalue weighted by atomic mass is 10.0. The minimum absolute atomic E-state index is 0.200. The van der Waals surface area contributed by atoms with E-state index in [0.717, 1.165) is 16.6 Å². The fourth-order valence-electron chi connectivity index (χ4n) is 2.83. The molecular weight excluding hydrogens is 364 g/mol. The number of hydrogen-bond acceptors (Lipinski definition) is 4. The van der Waals surface area contributed by atoms with E-state index >= 15 is 0 Å². The number of methoxy groups -OCH3 is 2. The van der Waals surface area contributed by atoms with Gasteiger partial charge in [0.05, 0.1) is 36.0 Å². The molecular formula is C21H21ClN2O3. The number of carbonyl (C=O) groups excluding carboxylic acids is 1. The van der Waals surface area contributed by atoms with Crippen molar-refractivity contribution >= 4 is 34.1 Å². The molecule has 3 rings (SSSR count). The van der Waals surface area contributed by atoms with Crippen molar-refractivity contribution in [1.29, 1.82) is 0 Å². The summed E-state index contributed by atoms with van der Waals surface area (Å²) >= 11 is 6.14. The molecule has 0 fully saturated rings. The number of carbonyl (C=O) groups is 1. The number of para-hydroxylation sites is 1. The number of nitrogens with zero attached hydrogens (tertiary/aromatic N) is 1. The number of fused-ring (bicyclic) bond motifs is 1. The molecule has 0 saturated heterocycles. The molecule has 1 heterocycles. The van der Waals surface area contributed by atoms with Gasteiger partial charge in [-0.05, 0) is 18.1 Å². The zero-order chi connectivity index (χ0) is 19.6. The van der Waals surface area contributed by atoms with E-state index in [1.54, 1.807) is 12.1 Å². The van der Waals surface area contributed by atoms with Gasteiger partial charge < -0.3 is 14.8 Å². The Labute approximate surface area is 163 Å². The highest BCUT2D eigenvalue weighted by molar-refractivity contribution is 6.32. The zero-order valence-corrected chi connectivity index (χ0v) is 16.4. The van der Waals surface area contributed by atoms with Crippen molar-refractivity contribution < 1.29 is 14.3 Å². The van der Waals surface area contributed by atoms with Crippen LogP contribution in [0.4, 0.5) is 5.69 Å². The van der Waals surface area contributed by atoms with Gasteiger partial charge in [-0.25, -0.2) is 0 Å². The van der Waals surface area contributed by atoms with Crippen LogP contribution in [0.2, 0.25) is 5.02 Å². The van der Waals surface area contributed by atoms with Gasteiger partial charge in [0.15, 0.2) is 0 Å². The molecule has 3 aromatic rings. The van der Waals surface area contributed by atoms with Crippen LogP contribution in [0, 0.1) is 0 Å². The van der Waals surface area contributed by atoms with Crippen molar-refractivity contribution in [3.8, 4) is 11.5 Å². The molecule has 6 heteroatoms. The Hall–Kier alpha value is -2.79. The number of rotatable bonds is 5. The highest BCUT2D eigenvalue weighted by Crippen LogP contribution is 2.36. The van der Waals surface area contributed by atoms with Crippen molar-refractivity contribution in [3.63, 3.8) is 0 Å². The Kier molecular flexibility index (Phi) is 5.51. The summed E-state index contributed by atoms with van der Waals surface area (Å²) in [5.41, 5.74) is 2.69. The molecule has 0 aliphatic carbocycles. The second-order valence-electron chi connectivity index (χ2n) is 6.41. The molecule has 0 aliphatic rings. The molecule has 0 radical (unpaired) electrons. The van der Waals surface area contributed by atoms with Crippen molar-refractivity contribution in [2.24, 2.45) is 0 Å². The Balaban J connectivity index is 2.07. The maximum atomic E-state index is 13.1. The molecule has 0 unspecified atom stereocenters. The minimum atomic E-state index is -0.252. The van der Waals surface area contributed by atoms with Gasteiger partial charge in [0, 0.05) is 23.2 Å². The van der Waals surface area contributed by atoms with Crippen LogP contribution in [0.3, 0.4) is 0 Å². The van der Waals surface area contributed by atoms with Crippen LogP contribution in [0.5, 0.6) is 11.5 Å². The van der Waals surface area contributed by atoms with Crippen LogP contribution in [0.25, 0.3) is 10.9 Å². The number of nitrogens with one attached hydrogen (secondary N) is 1. The Bertz CT molecular complexity index is 1000. The lowest BCUT2D eigenvalue weighted by Gasteiger charge is -2.15. The summed E-state index contributed by atoms with van der Waals surface area (Å²) in [6, 6.07) is 12.7. The van der Waals surface area contributed by atoms with Crippen molar-refractivity contribution in [2.45, 2.75) is 19.8 Å². The molecule has 0 atom stereocenters. The predicted octanol–water partition coefficient (Wildman–Crippen LogP) is 5.28. The fraction of sp³-hybridized carbons (Fsp3) is 0.238. The average molecular weight is 385 g/mol. The van der Waals surface area contributed by atoms with Crippen LogP contribution in [-0.2, 0) is 0 Å². The molecule has 27 heavy (non-hydrogen) atoms. The summed E-state index contributed by atoms with van der Waals surface area (Å²) < 4.78 is 10.6. The summed E-state index contributed by atoms with van der Waals surface area (Å²) in [5.74, 6) is 0.858. The van der Waals surface area contributed by atoms with Gasteiger partial charge >= 0.3 is 0 Å². The van der Waals surface area contributed by atoms with Crippen molar-refractivity contribution in [1.82, 2.24) is 4.98 Å². The number of halogens is 1. The quantitative estimate of drug-likeness (QED) is 0.650. The lowest BCUT2D eigenvalue weighted by Crippen LogP contribution is -2.14. The largest absolute Gasteiger partial charge is 0.495 e. The summed E-state index contributed by atoms with van der Waals surface area (Å²) in [7, 11) is 3.04. The number of pyridine rings is 1. The number of aromatic nitrogens is 1. The second kappa shape index (κ2) is 7.84. The van der Waals surface area contributed by atoms with E-state index in [1.165, 1.54) is 14.2 Å². The molecule has 0 saturated carbocycles. The van der Waals surface area contributed by atoms with E-state index < -0.39 is 0 Å². The predicted molar refractivity (Wildman–Crippen MR) is 108 cm³/mol. The maximum absolute atomic E-state index is 13.1. The summed E-state index contributed by atoms with van der Waals surface area (Å²) in [6.07, 6.45) is 0. The van der Waals surface area contributed by atoms with Crippen LogP contribution in [-0.4, -0.2) is 25.1 Å². The molecule has 5 nitrogen and oxygen atoms in total. The number of ether oxygens (including phenoxy) is 2. The molecule has 0 spiro atoms. The number of amides is 1. The normalized spacial score (nSPS) is 10.9. The van der Waals surface area contributed by atoms with Gasteiger partial charge in [0.25, 0.3) is 5.91 Å². The Morgan fingerprint density at radius 1 is 1.07 bits per heavy atom. The highest BCUT2D eigenvalue weighted by atomic mass is 35.5. The number of hydrogen-bond donors (Lipinski definition) is 1. The van der Waals surface area contributed by atoms with Crippen LogP contribution in [0.15, 0.2) is 42.5 Å². The van der Waals surface area contributed by atoms with Gasteiger partial charge in [0.1, 0.15) is 11.5 Å². The molecule has 0 bridgehead atoms. The first-order chi connectivity index (χ1) is 12.9. The Morgan fingerprint density at radius 2 is 1.78 bits per heavy atom. The van der Waals surface area contributed by atoms with Gasteiger partial charge in [-0.2, -0.15) is 0 Å². The smallest absolute Gasteiger partial charge is 0.256 e. The van der Waals surface area contributed by atoms with Gasteiger partial charge in [0.2, 0.25) is 0 Å². The lowest BCUT2D eigenvalue weighted by molar-refractivity contribution is 0.102. The van der Waals surface area contributed by atoms with E-state index in [1.807, 2.05) is 44.2 Å². The van der Waals surface area contributed by atoms with Crippen LogP contribution in [0.1, 0.15) is 35.8 Å². The zero-order valence-electron chi connectivity index (χ0n) is 15.7. The summed E-state index contributed by atoms with van der Waals surface area (Å²) in [5, 5.41) is 4.10.